The standard InChI is InChI=1S/C18H18ClN3O3/c1-11(2)25-17-14(16-8-7-12(19)10-22(16)21-17)9-13-5-4-6-15(20-13)18(23)24-3/h4-8,10-11H,9H2,1-3H3. The number of pyridine rings is 2. The predicted molar refractivity (Wildman–Crippen MR) is 94.3 cm³/mol. The van der Waals surface area contributed by atoms with Crippen LogP contribution in [-0.4, -0.2) is 33.8 Å². The van der Waals surface area contributed by atoms with E-state index in [1.54, 1.807) is 28.9 Å². The molecule has 3 aromatic heterocycles. The fourth-order valence-corrected chi connectivity index (χ4v) is 2.67. The number of carbonyl (C=O) groups is 1. The van der Waals surface area contributed by atoms with Gasteiger partial charge in [-0.05, 0) is 38.1 Å². The Hall–Kier alpha value is -2.60. The predicted octanol–water partition coefficient (Wildman–Crippen LogP) is 3.55. The summed E-state index contributed by atoms with van der Waals surface area (Å²) >= 11 is 6.05. The number of carbonyl (C=O) groups excluding carboxylic acids is 1. The number of aromatic nitrogens is 3. The van der Waals surface area contributed by atoms with Crippen molar-refractivity contribution in [2.24, 2.45) is 0 Å². The number of fused-ring (bicyclic) bond motifs is 1. The zero-order valence-corrected chi connectivity index (χ0v) is 14.9. The normalized spacial score (nSPS) is 11.1. The maximum absolute atomic E-state index is 11.7. The van der Waals surface area contributed by atoms with E-state index in [9.17, 15) is 4.79 Å². The Balaban J connectivity index is 2.03. The highest BCUT2D eigenvalue weighted by Crippen LogP contribution is 2.27. The molecule has 3 heterocycles. The van der Waals surface area contributed by atoms with Gasteiger partial charge in [0.25, 0.3) is 0 Å². The fraction of sp³-hybridized carbons (Fsp3) is 0.278. The quantitative estimate of drug-likeness (QED) is 0.652. The summed E-state index contributed by atoms with van der Waals surface area (Å²) in [7, 11) is 1.33. The molecule has 0 amide bonds. The molecule has 0 unspecified atom stereocenters. The smallest absolute Gasteiger partial charge is 0.356 e. The lowest BCUT2D eigenvalue weighted by atomic mass is 10.1. The van der Waals surface area contributed by atoms with Crippen LogP contribution in [0.3, 0.4) is 0 Å². The zero-order chi connectivity index (χ0) is 18.0. The van der Waals surface area contributed by atoms with Crippen molar-refractivity contribution in [3.05, 3.63) is 58.5 Å². The molecule has 0 radical (unpaired) electrons. The highest BCUT2D eigenvalue weighted by molar-refractivity contribution is 6.30. The van der Waals surface area contributed by atoms with Crippen molar-refractivity contribution < 1.29 is 14.3 Å². The Labute approximate surface area is 150 Å². The number of nitrogens with zero attached hydrogens (tertiary/aromatic N) is 3. The lowest BCUT2D eigenvalue weighted by Gasteiger charge is -2.09. The summed E-state index contributed by atoms with van der Waals surface area (Å²) in [5, 5.41) is 5.06. The van der Waals surface area contributed by atoms with Gasteiger partial charge in [0, 0.05) is 23.9 Å². The molecule has 0 spiro atoms. The zero-order valence-electron chi connectivity index (χ0n) is 14.2. The maximum atomic E-state index is 11.7. The lowest BCUT2D eigenvalue weighted by molar-refractivity contribution is 0.0593. The fourth-order valence-electron chi connectivity index (χ4n) is 2.52. The molecule has 3 rings (SSSR count). The molecule has 0 fully saturated rings. The first-order valence-electron chi connectivity index (χ1n) is 7.85. The Bertz CT molecular complexity index is 921. The number of methoxy groups -OCH3 is 1. The molecule has 0 N–H and O–H groups in total. The minimum Gasteiger partial charge on any atom is -0.474 e. The molecule has 7 heteroatoms. The molecule has 3 aromatic rings. The summed E-state index contributed by atoms with van der Waals surface area (Å²) in [5.41, 5.74) is 2.76. The first-order chi connectivity index (χ1) is 12.0. The monoisotopic (exact) mass is 359 g/mol. The molecule has 0 aliphatic rings. The van der Waals surface area contributed by atoms with Crippen molar-refractivity contribution in [1.82, 2.24) is 14.6 Å². The molecular formula is C18H18ClN3O3. The first-order valence-corrected chi connectivity index (χ1v) is 8.23. The minimum absolute atomic E-state index is 0.0199. The summed E-state index contributed by atoms with van der Waals surface area (Å²) in [5.74, 6) is 0.0645. The number of esters is 1. The Morgan fingerprint density at radius 2 is 2.08 bits per heavy atom. The van der Waals surface area contributed by atoms with E-state index in [2.05, 4.69) is 10.1 Å². The summed E-state index contributed by atoms with van der Waals surface area (Å²) in [6.45, 7) is 3.88. The third kappa shape index (κ3) is 3.74. The minimum atomic E-state index is -0.466. The van der Waals surface area contributed by atoms with Crippen LogP contribution in [0.1, 0.15) is 35.6 Å². The van der Waals surface area contributed by atoms with Gasteiger partial charge in [-0.2, -0.15) is 0 Å². The first kappa shape index (κ1) is 17.2. The van der Waals surface area contributed by atoms with Gasteiger partial charge >= 0.3 is 5.97 Å². The summed E-state index contributed by atoms with van der Waals surface area (Å²) in [6.07, 6.45) is 2.18. The molecule has 0 aromatic carbocycles. The molecule has 25 heavy (non-hydrogen) atoms. The van der Waals surface area contributed by atoms with E-state index in [0.29, 0.717) is 17.3 Å². The number of rotatable bonds is 5. The van der Waals surface area contributed by atoms with Crippen molar-refractivity contribution in [3.63, 3.8) is 0 Å². The summed E-state index contributed by atoms with van der Waals surface area (Å²) in [6, 6.07) is 8.95. The molecule has 0 saturated heterocycles. The number of halogens is 1. The van der Waals surface area contributed by atoms with Crippen LogP contribution in [0.15, 0.2) is 36.5 Å². The molecule has 0 aliphatic carbocycles. The van der Waals surface area contributed by atoms with Crippen LogP contribution in [0.25, 0.3) is 5.52 Å². The van der Waals surface area contributed by atoms with Gasteiger partial charge in [0.2, 0.25) is 5.88 Å². The molecule has 0 saturated carbocycles. The van der Waals surface area contributed by atoms with Crippen LogP contribution in [0.5, 0.6) is 5.88 Å². The van der Waals surface area contributed by atoms with Crippen LogP contribution in [0.4, 0.5) is 0 Å². The van der Waals surface area contributed by atoms with Crippen molar-refractivity contribution in [1.29, 1.82) is 0 Å². The topological polar surface area (TPSA) is 65.7 Å². The van der Waals surface area contributed by atoms with Crippen molar-refractivity contribution in [3.8, 4) is 5.88 Å². The average Bonchev–Trinajstić information content (AvgIpc) is 2.90. The molecular weight excluding hydrogens is 342 g/mol. The molecule has 0 aliphatic heterocycles. The number of ether oxygens (including phenoxy) is 2. The average molecular weight is 360 g/mol. The van der Waals surface area contributed by atoms with E-state index in [4.69, 9.17) is 21.1 Å². The lowest BCUT2D eigenvalue weighted by Crippen LogP contribution is -2.09. The second kappa shape index (κ2) is 7.11. The van der Waals surface area contributed by atoms with Crippen LogP contribution < -0.4 is 4.74 Å². The third-order valence-electron chi connectivity index (χ3n) is 3.57. The van der Waals surface area contributed by atoms with Gasteiger partial charge in [-0.15, -0.1) is 5.10 Å². The van der Waals surface area contributed by atoms with E-state index in [1.807, 2.05) is 26.0 Å². The van der Waals surface area contributed by atoms with E-state index in [1.165, 1.54) is 7.11 Å². The van der Waals surface area contributed by atoms with Crippen molar-refractivity contribution >= 4 is 23.1 Å². The summed E-state index contributed by atoms with van der Waals surface area (Å²) < 4.78 is 12.3. The van der Waals surface area contributed by atoms with Crippen LogP contribution in [0, 0.1) is 0 Å². The highest BCUT2D eigenvalue weighted by atomic mass is 35.5. The van der Waals surface area contributed by atoms with Crippen LogP contribution in [-0.2, 0) is 11.2 Å². The van der Waals surface area contributed by atoms with Crippen molar-refractivity contribution in [2.45, 2.75) is 26.4 Å². The van der Waals surface area contributed by atoms with Crippen molar-refractivity contribution in [2.75, 3.05) is 7.11 Å². The third-order valence-corrected chi connectivity index (χ3v) is 3.79. The molecule has 130 valence electrons. The molecule has 0 atom stereocenters. The Morgan fingerprint density at radius 1 is 1.28 bits per heavy atom. The Kier molecular flexibility index (Phi) is 4.90. The van der Waals surface area contributed by atoms with Crippen LogP contribution >= 0.6 is 11.6 Å². The SMILES string of the molecule is COC(=O)c1cccc(Cc2c(OC(C)C)nn3cc(Cl)ccc23)n1. The largest absolute Gasteiger partial charge is 0.474 e. The molecule has 0 bridgehead atoms. The second-order valence-electron chi connectivity index (χ2n) is 5.81. The van der Waals surface area contributed by atoms with Crippen LogP contribution in [0.2, 0.25) is 5.02 Å². The van der Waals surface area contributed by atoms with Gasteiger partial charge in [-0.1, -0.05) is 17.7 Å². The number of hydrogen-bond acceptors (Lipinski definition) is 5. The van der Waals surface area contributed by atoms with Gasteiger partial charge in [0.1, 0.15) is 5.69 Å². The van der Waals surface area contributed by atoms with E-state index >= 15 is 0 Å². The van der Waals surface area contributed by atoms with Gasteiger partial charge in [-0.3, -0.25) is 0 Å². The van der Waals surface area contributed by atoms with Gasteiger partial charge in [-0.25, -0.2) is 14.3 Å². The number of hydrogen-bond donors (Lipinski definition) is 0. The second-order valence-corrected chi connectivity index (χ2v) is 6.25. The van der Waals surface area contributed by atoms with E-state index in [-0.39, 0.29) is 11.8 Å². The van der Waals surface area contributed by atoms with E-state index < -0.39 is 5.97 Å². The summed E-state index contributed by atoms with van der Waals surface area (Å²) in [4.78, 5) is 16.1. The van der Waals surface area contributed by atoms with Gasteiger partial charge < -0.3 is 9.47 Å². The molecule has 6 nitrogen and oxygen atoms in total. The Morgan fingerprint density at radius 3 is 2.80 bits per heavy atom. The van der Waals surface area contributed by atoms with Gasteiger partial charge in [0.05, 0.1) is 23.8 Å². The highest BCUT2D eigenvalue weighted by Gasteiger charge is 2.17. The maximum Gasteiger partial charge on any atom is 0.356 e. The van der Waals surface area contributed by atoms with E-state index in [0.717, 1.165) is 16.8 Å². The van der Waals surface area contributed by atoms with Gasteiger partial charge in [0.15, 0.2) is 0 Å².